The Bertz CT molecular complexity index is 763. The van der Waals surface area contributed by atoms with Crippen LogP contribution in [-0.2, 0) is 28.1 Å². The average molecular weight is 327 g/mol. The molecule has 1 aliphatic rings. The van der Waals surface area contributed by atoms with Crippen molar-refractivity contribution in [1.82, 2.24) is 4.98 Å². The summed E-state index contributed by atoms with van der Waals surface area (Å²) in [6.07, 6.45) is 2.88. The molecule has 1 aliphatic carbocycles. The van der Waals surface area contributed by atoms with Gasteiger partial charge in [0.1, 0.15) is 17.1 Å². The Balaban J connectivity index is 1.85. The number of hydrogen-bond acceptors (Lipinski definition) is 5. The van der Waals surface area contributed by atoms with Crippen molar-refractivity contribution in [2.24, 2.45) is 5.73 Å². The minimum atomic E-state index is -1.08. The van der Waals surface area contributed by atoms with Crippen LogP contribution in [0, 0.1) is 0 Å². The molecule has 0 fully saturated rings. The molecule has 0 bridgehead atoms. The summed E-state index contributed by atoms with van der Waals surface area (Å²) in [5.74, 6) is 0.972. The molecule has 0 aliphatic heterocycles. The number of carbonyl (C=O) groups is 1. The number of hydrogen-bond donors (Lipinski definition) is 2. The van der Waals surface area contributed by atoms with E-state index in [4.69, 9.17) is 15.2 Å². The van der Waals surface area contributed by atoms with Crippen LogP contribution in [0.2, 0.25) is 0 Å². The minimum absolute atomic E-state index is 0.267. The second-order valence-electron chi connectivity index (χ2n) is 5.89. The standard InChI is InChI=1S/C18H21N3O3/c1-23-11-12-7-9-20-16(10-12)21-17(22)18(19)8-6-13-14(18)4-3-5-15(13)24-2/h3-5,7,9-10H,6,8,11,19H2,1-2H3,(H,20,21,22). The number of amides is 1. The number of nitrogens with two attached hydrogens (primary N) is 1. The highest BCUT2D eigenvalue weighted by molar-refractivity contribution is 5.99. The quantitative estimate of drug-likeness (QED) is 0.877. The van der Waals surface area contributed by atoms with Crippen molar-refractivity contribution >= 4 is 11.7 Å². The van der Waals surface area contributed by atoms with Gasteiger partial charge in [-0.15, -0.1) is 0 Å². The Kier molecular flexibility index (Phi) is 4.51. The fourth-order valence-corrected chi connectivity index (χ4v) is 3.15. The number of ether oxygens (including phenoxy) is 2. The summed E-state index contributed by atoms with van der Waals surface area (Å²) in [5.41, 5.74) is 8.13. The number of anilines is 1. The molecule has 6 heteroatoms. The lowest BCUT2D eigenvalue weighted by atomic mass is 9.92. The van der Waals surface area contributed by atoms with Gasteiger partial charge in [-0.25, -0.2) is 4.98 Å². The third-order valence-corrected chi connectivity index (χ3v) is 4.39. The van der Waals surface area contributed by atoms with Gasteiger partial charge in [-0.3, -0.25) is 4.79 Å². The van der Waals surface area contributed by atoms with E-state index in [1.54, 1.807) is 26.5 Å². The number of methoxy groups -OCH3 is 2. The summed E-state index contributed by atoms with van der Waals surface area (Å²) in [6, 6.07) is 9.26. The predicted octanol–water partition coefficient (Wildman–Crippen LogP) is 1.98. The van der Waals surface area contributed by atoms with Gasteiger partial charge >= 0.3 is 0 Å². The fraction of sp³-hybridized carbons (Fsp3) is 0.333. The molecule has 0 spiro atoms. The summed E-state index contributed by atoms with van der Waals surface area (Å²) in [6.45, 7) is 0.458. The predicted molar refractivity (Wildman–Crippen MR) is 90.8 cm³/mol. The van der Waals surface area contributed by atoms with Crippen LogP contribution >= 0.6 is 0 Å². The van der Waals surface area contributed by atoms with Gasteiger partial charge in [0.05, 0.1) is 13.7 Å². The van der Waals surface area contributed by atoms with Crippen molar-refractivity contribution in [3.8, 4) is 5.75 Å². The van der Waals surface area contributed by atoms with Crippen molar-refractivity contribution in [3.63, 3.8) is 0 Å². The number of rotatable bonds is 5. The second-order valence-corrected chi connectivity index (χ2v) is 5.89. The zero-order chi connectivity index (χ0) is 17.2. The first kappa shape index (κ1) is 16.4. The van der Waals surface area contributed by atoms with E-state index in [-0.39, 0.29) is 5.91 Å². The smallest absolute Gasteiger partial charge is 0.250 e. The van der Waals surface area contributed by atoms with Crippen LogP contribution in [0.25, 0.3) is 0 Å². The second kappa shape index (κ2) is 6.59. The monoisotopic (exact) mass is 327 g/mol. The van der Waals surface area contributed by atoms with Crippen molar-refractivity contribution in [1.29, 1.82) is 0 Å². The number of aromatic nitrogens is 1. The van der Waals surface area contributed by atoms with Crippen molar-refractivity contribution in [2.45, 2.75) is 25.0 Å². The zero-order valence-corrected chi connectivity index (χ0v) is 13.8. The largest absolute Gasteiger partial charge is 0.496 e. The summed E-state index contributed by atoms with van der Waals surface area (Å²) < 4.78 is 10.5. The molecular weight excluding hydrogens is 306 g/mol. The topological polar surface area (TPSA) is 86.5 Å². The Morgan fingerprint density at radius 2 is 2.21 bits per heavy atom. The molecule has 0 saturated heterocycles. The van der Waals surface area contributed by atoms with E-state index in [0.29, 0.717) is 25.3 Å². The lowest BCUT2D eigenvalue weighted by molar-refractivity contribution is -0.121. The van der Waals surface area contributed by atoms with Crippen LogP contribution in [0.3, 0.4) is 0 Å². The number of nitrogens with one attached hydrogen (secondary N) is 1. The van der Waals surface area contributed by atoms with Gasteiger partial charge in [-0.05, 0) is 47.7 Å². The number of fused-ring (bicyclic) bond motifs is 1. The van der Waals surface area contributed by atoms with Gasteiger partial charge in [-0.1, -0.05) is 12.1 Å². The number of pyridine rings is 1. The van der Waals surface area contributed by atoms with Crippen LogP contribution in [0.5, 0.6) is 5.75 Å². The maximum Gasteiger partial charge on any atom is 0.250 e. The molecule has 1 amide bonds. The van der Waals surface area contributed by atoms with Crippen LogP contribution in [0.15, 0.2) is 36.5 Å². The van der Waals surface area contributed by atoms with Gasteiger partial charge in [-0.2, -0.15) is 0 Å². The summed E-state index contributed by atoms with van der Waals surface area (Å²) >= 11 is 0. The highest BCUT2D eigenvalue weighted by Gasteiger charge is 2.43. The molecule has 0 radical (unpaired) electrons. The summed E-state index contributed by atoms with van der Waals surface area (Å²) in [7, 11) is 3.24. The molecule has 24 heavy (non-hydrogen) atoms. The number of carbonyl (C=O) groups excluding carboxylic acids is 1. The lowest BCUT2D eigenvalue weighted by Crippen LogP contribution is -2.46. The molecule has 2 aromatic rings. The van der Waals surface area contributed by atoms with Gasteiger partial charge < -0.3 is 20.5 Å². The number of benzene rings is 1. The Hall–Kier alpha value is -2.44. The van der Waals surface area contributed by atoms with E-state index >= 15 is 0 Å². The molecule has 3 rings (SSSR count). The van der Waals surface area contributed by atoms with Crippen molar-refractivity contribution in [2.75, 3.05) is 19.5 Å². The normalized spacial score (nSPS) is 19.0. The van der Waals surface area contributed by atoms with E-state index in [0.717, 1.165) is 22.4 Å². The van der Waals surface area contributed by atoms with Gasteiger partial charge in [0.15, 0.2) is 0 Å². The van der Waals surface area contributed by atoms with Crippen LogP contribution in [0.1, 0.15) is 23.1 Å². The van der Waals surface area contributed by atoms with Crippen LogP contribution in [0.4, 0.5) is 5.82 Å². The van der Waals surface area contributed by atoms with Crippen LogP contribution in [-0.4, -0.2) is 25.1 Å². The first-order valence-electron chi connectivity index (χ1n) is 7.79. The van der Waals surface area contributed by atoms with E-state index in [2.05, 4.69) is 10.3 Å². The molecule has 6 nitrogen and oxygen atoms in total. The molecule has 0 saturated carbocycles. The first-order chi connectivity index (χ1) is 11.6. The highest BCUT2D eigenvalue weighted by atomic mass is 16.5. The van der Waals surface area contributed by atoms with Crippen molar-refractivity contribution < 1.29 is 14.3 Å². The van der Waals surface area contributed by atoms with E-state index in [1.165, 1.54) is 0 Å². The zero-order valence-electron chi connectivity index (χ0n) is 13.8. The third-order valence-electron chi connectivity index (χ3n) is 4.39. The number of nitrogens with zero attached hydrogens (tertiary/aromatic N) is 1. The molecular formula is C18H21N3O3. The molecule has 126 valence electrons. The first-order valence-corrected chi connectivity index (χ1v) is 7.79. The lowest BCUT2D eigenvalue weighted by Gasteiger charge is -2.24. The van der Waals surface area contributed by atoms with Crippen LogP contribution < -0.4 is 15.8 Å². The average Bonchev–Trinajstić information content (AvgIpc) is 2.94. The molecule has 3 N–H and O–H groups in total. The fourth-order valence-electron chi connectivity index (χ4n) is 3.15. The Morgan fingerprint density at radius 1 is 1.38 bits per heavy atom. The SMILES string of the molecule is COCc1ccnc(NC(=O)C2(N)CCc3c(OC)cccc32)c1. The van der Waals surface area contributed by atoms with E-state index < -0.39 is 5.54 Å². The Morgan fingerprint density at radius 3 is 2.96 bits per heavy atom. The maximum atomic E-state index is 12.8. The van der Waals surface area contributed by atoms with Crippen molar-refractivity contribution in [3.05, 3.63) is 53.2 Å². The molecule has 1 aromatic heterocycles. The maximum absolute atomic E-state index is 12.8. The molecule has 1 unspecified atom stereocenters. The summed E-state index contributed by atoms with van der Waals surface area (Å²) in [4.78, 5) is 17.0. The molecule has 1 heterocycles. The van der Waals surface area contributed by atoms with E-state index in [9.17, 15) is 4.79 Å². The van der Waals surface area contributed by atoms with Gasteiger partial charge in [0, 0.05) is 13.3 Å². The van der Waals surface area contributed by atoms with Gasteiger partial charge in [0.25, 0.3) is 0 Å². The van der Waals surface area contributed by atoms with E-state index in [1.807, 2.05) is 24.3 Å². The highest BCUT2D eigenvalue weighted by Crippen LogP contribution is 2.40. The molecule has 1 aromatic carbocycles. The molecule has 1 atom stereocenters. The van der Waals surface area contributed by atoms with Gasteiger partial charge in [0.2, 0.25) is 5.91 Å². The minimum Gasteiger partial charge on any atom is -0.496 e. The Labute approximate surface area is 141 Å². The summed E-state index contributed by atoms with van der Waals surface area (Å²) in [5, 5.41) is 2.83. The third kappa shape index (κ3) is 2.86.